The summed E-state index contributed by atoms with van der Waals surface area (Å²) in [5.41, 5.74) is 1.81. The van der Waals surface area contributed by atoms with E-state index in [0.717, 1.165) is 5.56 Å². The monoisotopic (exact) mass is 221 g/mol. The van der Waals surface area contributed by atoms with Crippen LogP contribution in [0.5, 0.6) is 0 Å². The van der Waals surface area contributed by atoms with Gasteiger partial charge in [0, 0.05) is 12.6 Å². The van der Waals surface area contributed by atoms with E-state index in [-0.39, 0.29) is 5.91 Å². The molecule has 0 aliphatic heterocycles. The van der Waals surface area contributed by atoms with Gasteiger partial charge in [0.2, 0.25) is 0 Å². The molecule has 86 valence electrons. The van der Waals surface area contributed by atoms with Gasteiger partial charge in [-0.1, -0.05) is 17.7 Å². The predicted octanol–water partition coefficient (Wildman–Crippen LogP) is 1.89. The van der Waals surface area contributed by atoms with Crippen LogP contribution >= 0.6 is 0 Å². The quantitative estimate of drug-likeness (QED) is 0.793. The van der Waals surface area contributed by atoms with Crippen LogP contribution in [-0.2, 0) is 14.3 Å². The highest BCUT2D eigenvalue weighted by Crippen LogP contribution is 2.09. The number of carbonyl (C=O) groups is 2. The lowest BCUT2D eigenvalue weighted by Gasteiger charge is -2.12. The topological polar surface area (TPSA) is 55.4 Å². The zero-order valence-electron chi connectivity index (χ0n) is 9.61. The van der Waals surface area contributed by atoms with Crippen molar-refractivity contribution in [1.82, 2.24) is 0 Å². The molecule has 0 unspecified atom stereocenters. The number of hydrogen-bond donors (Lipinski definition) is 1. The molecule has 0 aromatic heterocycles. The lowest BCUT2D eigenvalue weighted by Crippen LogP contribution is -2.29. The largest absolute Gasteiger partial charge is 0.453 e. The van der Waals surface area contributed by atoms with E-state index in [9.17, 15) is 9.59 Å². The average molecular weight is 221 g/mol. The first-order valence-corrected chi connectivity index (χ1v) is 5.04. The molecule has 1 aromatic carbocycles. The summed E-state index contributed by atoms with van der Waals surface area (Å²) >= 11 is 0. The van der Waals surface area contributed by atoms with Gasteiger partial charge < -0.3 is 10.1 Å². The third-order valence-electron chi connectivity index (χ3n) is 2.03. The van der Waals surface area contributed by atoms with Crippen molar-refractivity contribution in [3.63, 3.8) is 0 Å². The zero-order chi connectivity index (χ0) is 12.1. The Kier molecular flexibility index (Phi) is 4.05. The van der Waals surface area contributed by atoms with Crippen LogP contribution in [-0.4, -0.2) is 18.0 Å². The fourth-order valence-corrected chi connectivity index (χ4v) is 1.18. The van der Waals surface area contributed by atoms with Crippen molar-refractivity contribution in [2.45, 2.75) is 26.9 Å². The van der Waals surface area contributed by atoms with Crippen LogP contribution in [0.1, 0.15) is 19.4 Å². The Morgan fingerprint density at radius 2 is 1.81 bits per heavy atom. The number of anilines is 1. The van der Waals surface area contributed by atoms with Gasteiger partial charge in [0.1, 0.15) is 0 Å². The van der Waals surface area contributed by atoms with E-state index in [1.807, 2.05) is 19.1 Å². The molecule has 0 saturated carbocycles. The summed E-state index contributed by atoms with van der Waals surface area (Å²) < 4.78 is 4.76. The molecule has 1 N–H and O–H groups in total. The second-order valence-electron chi connectivity index (χ2n) is 3.61. The van der Waals surface area contributed by atoms with Crippen LogP contribution in [0.2, 0.25) is 0 Å². The molecule has 0 saturated heterocycles. The van der Waals surface area contributed by atoms with Crippen molar-refractivity contribution >= 4 is 17.6 Å². The van der Waals surface area contributed by atoms with Crippen LogP contribution in [0.25, 0.3) is 0 Å². The molecule has 0 aliphatic rings. The Balaban J connectivity index is 2.57. The van der Waals surface area contributed by atoms with E-state index in [0.29, 0.717) is 5.69 Å². The van der Waals surface area contributed by atoms with Gasteiger partial charge in [-0.25, -0.2) is 0 Å². The van der Waals surface area contributed by atoms with Crippen molar-refractivity contribution in [2.75, 3.05) is 5.32 Å². The van der Waals surface area contributed by atoms with Crippen LogP contribution < -0.4 is 5.32 Å². The van der Waals surface area contributed by atoms with Crippen LogP contribution in [0.3, 0.4) is 0 Å². The average Bonchev–Trinajstić information content (AvgIpc) is 2.20. The lowest BCUT2D eigenvalue weighted by molar-refractivity contribution is -0.150. The molecule has 1 amide bonds. The second-order valence-corrected chi connectivity index (χ2v) is 3.61. The maximum atomic E-state index is 11.5. The van der Waals surface area contributed by atoms with Crippen LogP contribution in [0, 0.1) is 6.92 Å². The van der Waals surface area contributed by atoms with Gasteiger partial charge >= 0.3 is 5.97 Å². The molecule has 4 nitrogen and oxygen atoms in total. The summed E-state index contributed by atoms with van der Waals surface area (Å²) in [7, 11) is 0. The number of nitrogens with one attached hydrogen (secondary N) is 1. The molecule has 1 atom stereocenters. The first-order valence-electron chi connectivity index (χ1n) is 5.04. The molecule has 4 heteroatoms. The number of aryl methyl sites for hydroxylation is 1. The molecule has 0 heterocycles. The molecule has 0 fully saturated rings. The van der Waals surface area contributed by atoms with Crippen molar-refractivity contribution < 1.29 is 14.3 Å². The second kappa shape index (κ2) is 5.30. The summed E-state index contributed by atoms with van der Waals surface area (Å²) in [4.78, 5) is 22.2. The van der Waals surface area contributed by atoms with Gasteiger partial charge in [-0.05, 0) is 26.0 Å². The first-order chi connectivity index (χ1) is 7.49. The third-order valence-corrected chi connectivity index (χ3v) is 2.03. The molecule has 1 rings (SSSR count). The molecular formula is C12H15NO3. The minimum Gasteiger partial charge on any atom is -0.453 e. The number of carbonyl (C=O) groups excluding carboxylic acids is 2. The van der Waals surface area contributed by atoms with E-state index in [1.165, 1.54) is 13.8 Å². The minimum absolute atomic E-state index is 0.334. The zero-order valence-corrected chi connectivity index (χ0v) is 9.61. The highest BCUT2D eigenvalue weighted by atomic mass is 16.5. The molecule has 0 radical (unpaired) electrons. The number of esters is 1. The van der Waals surface area contributed by atoms with Gasteiger partial charge in [0.25, 0.3) is 5.91 Å². The minimum atomic E-state index is -0.779. The highest BCUT2D eigenvalue weighted by molar-refractivity contribution is 5.94. The maximum absolute atomic E-state index is 11.5. The molecule has 1 aromatic rings. The van der Waals surface area contributed by atoms with Gasteiger partial charge in [0.15, 0.2) is 6.10 Å². The number of rotatable bonds is 3. The highest BCUT2D eigenvalue weighted by Gasteiger charge is 2.15. The standard InChI is InChI=1S/C12H15NO3/c1-8-4-6-11(7-5-8)13-12(15)9(2)16-10(3)14/h4-7,9H,1-3H3,(H,13,15)/t9-/m0/s1. The normalized spacial score (nSPS) is 11.7. The summed E-state index contributed by atoms with van der Waals surface area (Å²) in [6.07, 6.45) is -0.779. The molecule has 16 heavy (non-hydrogen) atoms. The Morgan fingerprint density at radius 3 is 2.31 bits per heavy atom. The fraction of sp³-hybridized carbons (Fsp3) is 0.333. The maximum Gasteiger partial charge on any atom is 0.303 e. The SMILES string of the molecule is CC(=O)O[C@@H](C)C(=O)Nc1ccc(C)cc1. The van der Waals surface area contributed by atoms with Crippen molar-refractivity contribution in [3.8, 4) is 0 Å². The third kappa shape index (κ3) is 3.73. The number of ether oxygens (including phenoxy) is 1. The van der Waals surface area contributed by atoms with Crippen molar-refractivity contribution in [2.24, 2.45) is 0 Å². The van der Waals surface area contributed by atoms with Gasteiger partial charge in [0.05, 0.1) is 0 Å². The summed E-state index contributed by atoms with van der Waals surface area (Å²) in [6.45, 7) is 4.77. The van der Waals surface area contributed by atoms with Gasteiger partial charge in [-0.15, -0.1) is 0 Å². The Hall–Kier alpha value is -1.84. The van der Waals surface area contributed by atoms with Crippen LogP contribution in [0.4, 0.5) is 5.69 Å². The van der Waals surface area contributed by atoms with Gasteiger partial charge in [-0.3, -0.25) is 9.59 Å². The lowest BCUT2D eigenvalue weighted by atomic mass is 10.2. The van der Waals surface area contributed by atoms with E-state index in [4.69, 9.17) is 4.74 Å². The van der Waals surface area contributed by atoms with E-state index in [1.54, 1.807) is 12.1 Å². The molecular weight excluding hydrogens is 206 g/mol. The fourth-order valence-electron chi connectivity index (χ4n) is 1.18. The van der Waals surface area contributed by atoms with Crippen molar-refractivity contribution in [1.29, 1.82) is 0 Å². The molecule has 0 aliphatic carbocycles. The van der Waals surface area contributed by atoms with E-state index >= 15 is 0 Å². The van der Waals surface area contributed by atoms with Crippen molar-refractivity contribution in [3.05, 3.63) is 29.8 Å². The number of hydrogen-bond acceptors (Lipinski definition) is 3. The number of benzene rings is 1. The summed E-state index contributed by atoms with van der Waals surface area (Å²) in [5, 5.41) is 2.66. The molecule has 0 spiro atoms. The Morgan fingerprint density at radius 1 is 1.25 bits per heavy atom. The first kappa shape index (κ1) is 12.2. The van der Waals surface area contributed by atoms with Gasteiger partial charge in [-0.2, -0.15) is 0 Å². The predicted molar refractivity (Wildman–Crippen MR) is 61.0 cm³/mol. The number of amides is 1. The van der Waals surface area contributed by atoms with E-state index in [2.05, 4.69) is 5.32 Å². The van der Waals surface area contributed by atoms with Crippen LogP contribution in [0.15, 0.2) is 24.3 Å². The Bertz CT molecular complexity index is 384. The molecule has 0 bridgehead atoms. The van der Waals surface area contributed by atoms with E-state index < -0.39 is 12.1 Å². The Labute approximate surface area is 94.6 Å². The smallest absolute Gasteiger partial charge is 0.303 e. The summed E-state index contributed by atoms with van der Waals surface area (Å²) in [6, 6.07) is 7.39. The summed E-state index contributed by atoms with van der Waals surface area (Å²) in [5.74, 6) is -0.800.